The number of rotatable bonds is 9. The van der Waals surface area contributed by atoms with Gasteiger partial charge < -0.3 is 10.4 Å². The van der Waals surface area contributed by atoms with Crippen LogP contribution in [-0.2, 0) is 11.2 Å². The normalized spacial score (nSPS) is 12.0. The Balaban J connectivity index is 1.71. The molecular weight excluding hydrogens is 434 g/mol. The van der Waals surface area contributed by atoms with Crippen molar-refractivity contribution in [2.24, 2.45) is 5.92 Å². The predicted molar refractivity (Wildman–Crippen MR) is 142 cm³/mol. The second kappa shape index (κ2) is 10.6. The molecule has 0 aliphatic rings. The number of aryl methyl sites for hydroxylation is 2. The van der Waals surface area contributed by atoms with Crippen LogP contribution >= 0.6 is 0 Å². The molecule has 3 aromatic carbocycles. The summed E-state index contributed by atoms with van der Waals surface area (Å²) in [4.78, 5) is 12.2. The van der Waals surface area contributed by atoms with Crippen molar-refractivity contribution < 1.29 is 9.90 Å². The molecule has 0 aliphatic heterocycles. The van der Waals surface area contributed by atoms with Crippen molar-refractivity contribution in [1.29, 1.82) is 0 Å². The molecule has 1 aromatic heterocycles. The lowest BCUT2D eigenvalue weighted by Gasteiger charge is -2.12. The van der Waals surface area contributed by atoms with E-state index in [0.29, 0.717) is 12.3 Å². The Morgan fingerprint density at radius 3 is 2.29 bits per heavy atom. The van der Waals surface area contributed by atoms with E-state index in [0.717, 1.165) is 46.0 Å². The first-order valence-corrected chi connectivity index (χ1v) is 12.1. The number of hydrogen-bond acceptors (Lipinski definition) is 3. The van der Waals surface area contributed by atoms with Gasteiger partial charge in [-0.3, -0.25) is 4.79 Å². The van der Waals surface area contributed by atoms with Crippen LogP contribution in [0.5, 0.6) is 0 Å². The van der Waals surface area contributed by atoms with E-state index in [2.05, 4.69) is 62.5 Å². The summed E-state index contributed by atoms with van der Waals surface area (Å²) in [5, 5.41) is 18.3. The average molecular weight is 468 g/mol. The fourth-order valence-electron chi connectivity index (χ4n) is 4.14. The van der Waals surface area contributed by atoms with Gasteiger partial charge in [0.2, 0.25) is 0 Å². The molecular formula is C30H33N3O2. The first-order valence-electron chi connectivity index (χ1n) is 12.1. The molecule has 0 amide bonds. The van der Waals surface area contributed by atoms with Gasteiger partial charge in [0.15, 0.2) is 0 Å². The van der Waals surface area contributed by atoms with Crippen molar-refractivity contribution in [3.8, 4) is 16.9 Å². The van der Waals surface area contributed by atoms with Crippen LogP contribution in [0.4, 0.5) is 5.69 Å². The molecule has 2 N–H and O–H groups in total. The summed E-state index contributed by atoms with van der Waals surface area (Å²) >= 11 is 0. The maximum Gasteiger partial charge on any atom is 0.311 e. The third-order valence-corrected chi connectivity index (χ3v) is 6.09. The van der Waals surface area contributed by atoms with Gasteiger partial charge in [0.1, 0.15) is 0 Å². The summed E-state index contributed by atoms with van der Waals surface area (Å²) in [5.41, 5.74) is 7.76. The minimum Gasteiger partial charge on any atom is -0.481 e. The Morgan fingerprint density at radius 1 is 0.943 bits per heavy atom. The summed E-state index contributed by atoms with van der Waals surface area (Å²) in [7, 11) is 0. The first kappa shape index (κ1) is 24.3. The maximum atomic E-state index is 12.2. The highest BCUT2D eigenvalue weighted by Gasteiger charge is 2.23. The van der Waals surface area contributed by atoms with Crippen LogP contribution in [0.15, 0.2) is 78.9 Å². The number of carbonyl (C=O) groups is 1. The summed E-state index contributed by atoms with van der Waals surface area (Å²) in [5.74, 6) is -0.940. The zero-order chi connectivity index (χ0) is 24.9. The number of anilines is 1. The largest absolute Gasteiger partial charge is 0.481 e. The molecule has 4 rings (SSSR count). The molecule has 5 heteroatoms. The van der Waals surface area contributed by atoms with Gasteiger partial charge in [-0.05, 0) is 55.7 Å². The van der Waals surface area contributed by atoms with Crippen LogP contribution in [-0.4, -0.2) is 27.4 Å². The molecule has 1 heterocycles. The maximum absolute atomic E-state index is 12.2. The Labute approximate surface area is 207 Å². The zero-order valence-corrected chi connectivity index (χ0v) is 20.8. The molecule has 0 saturated carbocycles. The standard InChI is InChI=1S/C30H33N3O2/c1-20(2)19-31-25-12-10-23(11-13-25)29-18-26(32-33(29)27-14-8-21(3)9-15-27)17-28(30(34)35)24-7-5-6-22(4)16-24/h5-16,18,20,28,31H,17,19H2,1-4H3,(H,34,35). The van der Waals surface area contributed by atoms with Gasteiger partial charge in [-0.25, -0.2) is 4.68 Å². The van der Waals surface area contributed by atoms with Crippen molar-refractivity contribution >= 4 is 11.7 Å². The van der Waals surface area contributed by atoms with Gasteiger partial charge in [0.25, 0.3) is 0 Å². The van der Waals surface area contributed by atoms with E-state index < -0.39 is 11.9 Å². The minimum atomic E-state index is -0.845. The zero-order valence-electron chi connectivity index (χ0n) is 20.8. The summed E-state index contributed by atoms with van der Waals surface area (Å²) in [6.45, 7) is 9.32. The summed E-state index contributed by atoms with van der Waals surface area (Å²) in [6.07, 6.45) is 0.318. The molecule has 0 spiro atoms. The van der Waals surface area contributed by atoms with Gasteiger partial charge >= 0.3 is 5.97 Å². The Hall–Kier alpha value is -3.86. The van der Waals surface area contributed by atoms with E-state index in [1.807, 2.05) is 54.1 Å². The SMILES string of the molecule is Cc1ccc(-n2nc(CC(C(=O)O)c3cccc(C)c3)cc2-c2ccc(NCC(C)C)cc2)cc1. The number of nitrogens with one attached hydrogen (secondary N) is 1. The lowest BCUT2D eigenvalue weighted by Crippen LogP contribution is -2.15. The van der Waals surface area contributed by atoms with E-state index in [9.17, 15) is 9.90 Å². The van der Waals surface area contributed by atoms with Crippen LogP contribution in [0.2, 0.25) is 0 Å². The average Bonchev–Trinajstić information content (AvgIpc) is 3.26. The van der Waals surface area contributed by atoms with Crippen molar-refractivity contribution in [2.45, 2.75) is 40.0 Å². The number of carboxylic acid groups (broad SMARTS) is 1. The molecule has 5 nitrogen and oxygen atoms in total. The molecule has 4 aromatic rings. The van der Waals surface area contributed by atoms with E-state index >= 15 is 0 Å². The van der Waals surface area contributed by atoms with Gasteiger partial charge in [0, 0.05) is 24.2 Å². The second-order valence-corrected chi connectivity index (χ2v) is 9.63. The van der Waals surface area contributed by atoms with Crippen LogP contribution in [0.3, 0.4) is 0 Å². The molecule has 0 fully saturated rings. The smallest absolute Gasteiger partial charge is 0.311 e. The Kier molecular flexibility index (Phi) is 7.35. The van der Waals surface area contributed by atoms with Gasteiger partial charge in [0.05, 0.1) is 23.0 Å². The van der Waals surface area contributed by atoms with Crippen molar-refractivity contribution in [3.63, 3.8) is 0 Å². The third-order valence-electron chi connectivity index (χ3n) is 6.09. The van der Waals surface area contributed by atoms with Crippen LogP contribution in [0, 0.1) is 19.8 Å². The van der Waals surface area contributed by atoms with Gasteiger partial charge in [-0.2, -0.15) is 5.10 Å². The molecule has 0 saturated heterocycles. The van der Waals surface area contributed by atoms with E-state index in [-0.39, 0.29) is 0 Å². The lowest BCUT2D eigenvalue weighted by molar-refractivity contribution is -0.138. The fraction of sp³-hybridized carbons (Fsp3) is 0.267. The highest BCUT2D eigenvalue weighted by Crippen LogP contribution is 2.29. The van der Waals surface area contributed by atoms with Crippen molar-refractivity contribution in [2.75, 3.05) is 11.9 Å². The van der Waals surface area contributed by atoms with Gasteiger partial charge in [-0.15, -0.1) is 0 Å². The fourth-order valence-corrected chi connectivity index (χ4v) is 4.14. The molecule has 1 atom stereocenters. The lowest BCUT2D eigenvalue weighted by atomic mass is 9.93. The number of nitrogens with zero attached hydrogens (tertiary/aromatic N) is 2. The van der Waals surface area contributed by atoms with E-state index in [1.54, 1.807) is 0 Å². The number of benzene rings is 3. The molecule has 0 bridgehead atoms. The molecule has 35 heavy (non-hydrogen) atoms. The molecule has 180 valence electrons. The number of hydrogen-bond donors (Lipinski definition) is 2. The highest BCUT2D eigenvalue weighted by atomic mass is 16.4. The number of aromatic nitrogens is 2. The second-order valence-electron chi connectivity index (χ2n) is 9.63. The number of aliphatic carboxylic acids is 1. The molecule has 1 unspecified atom stereocenters. The van der Waals surface area contributed by atoms with Crippen LogP contribution in [0.1, 0.15) is 42.1 Å². The van der Waals surface area contributed by atoms with Crippen molar-refractivity contribution in [3.05, 3.63) is 101 Å². The monoisotopic (exact) mass is 467 g/mol. The summed E-state index contributed by atoms with van der Waals surface area (Å²) in [6, 6.07) is 26.3. The number of carboxylic acids is 1. The molecule has 0 radical (unpaired) electrons. The topological polar surface area (TPSA) is 67.2 Å². The van der Waals surface area contributed by atoms with E-state index in [1.165, 1.54) is 5.56 Å². The van der Waals surface area contributed by atoms with Gasteiger partial charge in [-0.1, -0.05) is 73.5 Å². The highest BCUT2D eigenvalue weighted by molar-refractivity contribution is 5.76. The minimum absolute atomic E-state index is 0.318. The quantitative estimate of drug-likeness (QED) is 0.290. The van der Waals surface area contributed by atoms with Crippen LogP contribution < -0.4 is 5.32 Å². The third kappa shape index (κ3) is 5.99. The predicted octanol–water partition coefficient (Wildman–Crippen LogP) is 6.63. The summed E-state index contributed by atoms with van der Waals surface area (Å²) < 4.78 is 1.92. The first-order chi connectivity index (χ1) is 16.8. The van der Waals surface area contributed by atoms with Crippen LogP contribution in [0.25, 0.3) is 16.9 Å². The van der Waals surface area contributed by atoms with Crippen molar-refractivity contribution in [1.82, 2.24) is 9.78 Å². The molecule has 0 aliphatic carbocycles. The van der Waals surface area contributed by atoms with E-state index in [4.69, 9.17) is 5.10 Å². The Morgan fingerprint density at radius 2 is 1.66 bits per heavy atom. The Bertz CT molecular complexity index is 1290.